The molecule has 0 saturated carbocycles. The molecule has 1 fully saturated rings. The Labute approximate surface area is 139 Å². The third-order valence-corrected chi connectivity index (χ3v) is 4.54. The number of benzene rings is 1. The Balaban J connectivity index is 2.14. The molecule has 0 aromatic heterocycles. The molecule has 1 unspecified atom stereocenters. The van der Waals surface area contributed by atoms with E-state index < -0.39 is 11.8 Å². The van der Waals surface area contributed by atoms with Crippen LogP contribution in [0.2, 0.25) is 0 Å². The molecule has 4 nitrogen and oxygen atoms in total. The lowest BCUT2D eigenvalue weighted by atomic mass is 9.86. The first-order chi connectivity index (χ1) is 10.8. The lowest BCUT2D eigenvalue weighted by Gasteiger charge is -2.34. The minimum Gasteiger partial charge on any atom is -0.331 e. The average Bonchev–Trinajstić information content (AvgIpc) is 2.53. The Morgan fingerprint density at radius 2 is 1.91 bits per heavy atom. The summed E-state index contributed by atoms with van der Waals surface area (Å²) in [5.41, 5.74) is 1.67. The van der Waals surface area contributed by atoms with E-state index in [1.807, 2.05) is 24.3 Å². The smallest absolute Gasteiger partial charge is 0.313 e. The average molecular weight is 316 g/mol. The van der Waals surface area contributed by atoms with Crippen molar-refractivity contribution in [3.63, 3.8) is 0 Å². The lowest BCUT2D eigenvalue weighted by Crippen LogP contribution is -2.48. The van der Waals surface area contributed by atoms with Crippen LogP contribution in [0.25, 0.3) is 0 Å². The van der Waals surface area contributed by atoms with E-state index in [0.717, 1.165) is 36.9 Å². The van der Waals surface area contributed by atoms with Gasteiger partial charge in [0.15, 0.2) is 0 Å². The molecule has 0 aliphatic carbocycles. The van der Waals surface area contributed by atoms with E-state index >= 15 is 0 Å². The maximum atomic E-state index is 12.5. The standard InChI is InChI=1S/C19H28N2O2/c1-5-14-10-8-9-13-21(14)18(23)17(22)20-16-12-7-6-11-15(16)19(2,3)4/h6-7,11-12,14H,5,8-10,13H2,1-4H3,(H,20,22). The topological polar surface area (TPSA) is 49.4 Å². The van der Waals surface area contributed by atoms with Crippen LogP contribution in [0.1, 0.15) is 58.9 Å². The summed E-state index contributed by atoms with van der Waals surface area (Å²) in [6.07, 6.45) is 4.01. The molecule has 23 heavy (non-hydrogen) atoms. The molecular weight excluding hydrogens is 288 g/mol. The Bertz CT molecular complexity index is 575. The van der Waals surface area contributed by atoms with Crippen molar-refractivity contribution in [2.24, 2.45) is 0 Å². The molecule has 1 saturated heterocycles. The van der Waals surface area contributed by atoms with Crippen LogP contribution in [0.15, 0.2) is 24.3 Å². The first-order valence-corrected chi connectivity index (χ1v) is 8.56. The number of carbonyl (C=O) groups excluding carboxylic acids is 2. The first-order valence-electron chi connectivity index (χ1n) is 8.56. The zero-order chi connectivity index (χ0) is 17.0. The number of likely N-dealkylation sites (tertiary alicyclic amines) is 1. The number of anilines is 1. The summed E-state index contributed by atoms with van der Waals surface area (Å²) in [6, 6.07) is 7.88. The fraction of sp³-hybridized carbons (Fsp3) is 0.579. The van der Waals surface area contributed by atoms with Gasteiger partial charge in [-0.1, -0.05) is 45.9 Å². The minimum atomic E-state index is -0.526. The summed E-state index contributed by atoms with van der Waals surface area (Å²) in [5.74, 6) is -0.928. The molecule has 1 heterocycles. The SMILES string of the molecule is CCC1CCCCN1C(=O)C(=O)Nc1ccccc1C(C)(C)C. The molecule has 1 atom stereocenters. The highest BCUT2D eigenvalue weighted by Gasteiger charge is 2.30. The van der Waals surface area contributed by atoms with Crippen molar-refractivity contribution < 1.29 is 9.59 Å². The third kappa shape index (κ3) is 4.12. The largest absolute Gasteiger partial charge is 0.331 e. The molecule has 1 N–H and O–H groups in total. The highest BCUT2D eigenvalue weighted by Crippen LogP contribution is 2.29. The predicted molar refractivity (Wildman–Crippen MR) is 93.4 cm³/mol. The van der Waals surface area contributed by atoms with Crippen molar-refractivity contribution in [3.8, 4) is 0 Å². The number of amides is 2. The molecule has 1 aliphatic rings. The van der Waals surface area contributed by atoms with Gasteiger partial charge >= 0.3 is 11.8 Å². The van der Waals surface area contributed by atoms with E-state index in [1.165, 1.54) is 0 Å². The second-order valence-corrected chi connectivity index (χ2v) is 7.31. The Morgan fingerprint density at radius 1 is 1.22 bits per heavy atom. The molecular formula is C19H28N2O2. The van der Waals surface area contributed by atoms with Gasteiger partial charge in [0.25, 0.3) is 0 Å². The van der Waals surface area contributed by atoms with Crippen molar-refractivity contribution in [3.05, 3.63) is 29.8 Å². The maximum Gasteiger partial charge on any atom is 0.313 e. The summed E-state index contributed by atoms with van der Waals surface area (Å²) >= 11 is 0. The van der Waals surface area contributed by atoms with Crippen molar-refractivity contribution in [1.82, 2.24) is 4.90 Å². The van der Waals surface area contributed by atoms with Crippen molar-refractivity contribution in [2.45, 2.75) is 64.8 Å². The normalized spacial score (nSPS) is 18.6. The highest BCUT2D eigenvalue weighted by molar-refractivity contribution is 6.39. The molecule has 1 aromatic rings. The molecule has 2 rings (SSSR count). The van der Waals surface area contributed by atoms with Gasteiger partial charge < -0.3 is 10.2 Å². The molecule has 126 valence electrons. The van der Waals surface area contributed by atoms with E-state index in [9.17, 15) is 9.59 Å². The quantitative estimate of drug-likeness (QED) is 0.846. The Hall–Kier alpha value is -1.84. The third-order valence-electron chi connectivity index (χ3n) is 4.54. The van der Waals surface area contributed by atoms with Gasteiger partial charge in [-0.2, -0.15) is 0 Å². The maximum absolute atomic E-state index is 12.5. The van der Waals surface area contributed by atoms with Gasteiger partial charge in [0.1, 0.15) is 0 Å². The summed E-state index contributed by atoms with van der Waals surface area (Å²) in [5, 5.41) is 2.83. The fourth-order valence-corrected chi connectivity index (χ4v) is 3.24. The predicted octanol–water partition coefficient (Wildman–Crippen LogP) is 3.71. The lowest BCUT2D eigenvalue weighted by molar-refractivity contribution is -0.145. The van der Waals surface area contributed by atoms with Crippen molar-refractivity contribution >= 4 is 17.5 Å². The molecule has 1 aliphatic heterocycles. The molecule has 0 bridgehead atoms. The van der Waals surface area contributed by atoms with Crippen LogP contribution in [0.3, 0.4) is 0 Å². The zero-order valence-electron chi connectivity index (χ0n) is 14.7. The molecule has 1 aromatic carbocycles. The number of piperidine rings is 1. The fourth-order valence-electron chi connectivity index (χ4n) is 3.24. The second kappa shape index (κ2) is 7.16. The minimum absolute atomic E-state index is 0.0933. The van der Waals surface area contributed by atoms with Crippen LogP contribution in [0, 0.1) is 0 Å². The number of para-hydroxylation sites is 1. The van der Waals surface area contributed by atoms with Crippen LogP contribution in [-0.4, -0.2) is 29.3 Å². The summed E-state index contributed by atoms with van der Waals surface area (Å²) in [6.45, 7) is 9.04. The van der Waals surface area contributed by atoms with Crippen LogP contribution in [-0.2, 0) is 15.0 Å². The molecule has 0 radical (unpaired) electrons. The van der Waals surface area contributed by atoms with Gasteiger partial charge in [0.2, 0.25) is 0 Å². The monoisotopic (exact) mass is 316 g/mol. The Morgan fingerprint density at radius 3 is 2.57 bits per heavy atom. The van der Waals surface area contributed by atoms with Crippen LogP contribution >= 0.6 is 0 Å². The van der Waals surface area contributed by atoms with Gasteiger partial charge in [0.05, 0.1) is 0 Å². The van der Waals surface area contributed by atoms with E-state index in [2.05, 4.69) is 33.0 Å². The highest BCUT2D eigenvalue weighted by atomic mass is 16.2. The number of rotatable bonds is 2. The van der Waals surface area contributed by atoms with Gasteiger partial charge in [-0.05, 0) is 42.7 Å². The van der Waals surface area contributed by atoms with Gasteiger partial charge in [-0.25, -0.2) is 0 Å². The van der Waals surface area contributed by atoms with E-state index in [-0.39, 0.29) is 11.5 Å². The van der Waals surface area contributed by atoms with E-state index in [0.29, 0.717) is 6.54 Å². The van der Waals surface area contributed by atoms with Crippen molar-refractivity contribution in [1.29, 1.82) is 0 Å². The first kappa shape index (κ1) is 17.5. The summed E-state index contributed by atoms with van der Waals surface area (Å²) < 4.78 is 0. The number of nitrogens with one attached hydrogen (secondary N) is 1. The summed E-state index contributed by atoms with van der Waals surface area (Å²) in [4.78, 5) is 26.7. The number of nitrogens with zero attached hydrogens (tertiary/aromatic N) is 1. The molecule has 0 spiro atoms. The number of carbonyl (C=O) groups is 2. The van der Waals surface area contributed by atoms with Crippen molar-refractivity contribution in [2.75, 3.05) is 11.9 Å². The van der Waals surface area contributed by atoms with Crippen LogP contribution < -0.4 is 5.32 Å². The molecule has 4 heteroatoms. The van der Waals surface area contributed by atoms with Gasteiger partial charge in [-0.3, -0.25) is 9.59 Å². The zero-order valence-corrected chi connectivity index (χ0v) is 14.7. The Kier molecular flexibility index (Phi) is 5.45. The van der Waals surface area contributed by atoms with Crippen LogP contribution in [0.5, 0.6) is 0 Å². The van der Waals surface area contributed by atoms with E-state index in [1.54, 1.807) is 4.90 Å². The van der Waals surface area contributed by atoms with Gasteiger partial charge in [-0.15, -0.1) is 0 Å². The summed E-state index contributed by atoms with van der Waals surface area (Å²) in [7, 11) is 0. The molecule has 2 amide bonds. The second-order valence-electron chi connectivity index (χ2n) is 7.31. The number of hydrogen-bond acceptors (Lipinski definition) is 2. The van der Waals surface area contributed by atoms with E-state index in [4.69, 9.17) is 0 Å². The number of hydrogen-bond donors (Lipinski definition) is 1. The van der Waals surface area contributed by atoms with Crippen LogP contribution in [0.4, 0.5) is 5.69 Å². The van der Waals surface area contributed by atoms with Gasteiger partial charge in [0, 0.05) is 18.3 Å².